The van der Waals surface area contributed by atoms with Crippen LogP contribution in [0.2, 0.25) is 0 Å². The Morgan fingerprint density at radius 3 is 3.07 bits per heavy atom. The summed E-state index contributed by atoms with van der Waals surface area (Å²) in [5.41, 5.74) is 0. The molecule has 0 aliphatic carbocycles. The zero-order valence-electron chi connectivity index (χ0n) is 9.04. The maximum absolute atomic E-state index is 11.2. The molecular weight excluding hydrogens is 226 g/mol. The number of amides is 1. The first-order chi connectivity index (χ1) is 7.33. The second-order valence-corrected chi connectivity index (χ2v) is 6.45. The number of hydrogen-bond donors (Lipinski definition) is 1. The second-order valence-electron chi connectivity index (χ2n) is 3.67. The molecule has 1 atom stereocenters. The predicted molar refractivity (Wildman–Crippen MR) is 70.1 cm³/mol. The van der Waals surface area contributed by atoms with Gasteiger partial charge in [-0.05, 0) is 19.3 Å². The van der Waals surface area contributed by atoms with Crippen molar-refractivity contribution in [3.8, 4) is 0 Å². The van der Waals surface area contributed by atoms with Crippen LogP contribution < -0.4 is 5.32 Å². The molecule has 86 valence electrons. The van der Waals surface area contributed by atoms with Crippen molar-refractivity contribution in [3.63, 3.8) is 0 Å². The molecule has 0 bridgehead atoms. The van der Waals surface area contributed by atoms with Crippen LogP contribution in [0, 0.1) is 0 Å². The van der Waals surface area contributed by atoms with Gasteiger partial charge in [-0.1, -0.05) is 34.1 Å². The van der Waals surface area contributed by atoms with Crippen LogP contribution in [0.3, 0.4) is 0 Å². The Bertz CT molecular complexity index is 203. The largest absolute Gasteiger partial charge is 0.353 e. The fraction of sp³-hybridized carbons (Fsp3) is 0.727. The first kappa shape index (κ1) is 13.0. The zero-order chi connectivity index (χ0) is 10.9. The van der Waals surface area contributed by atoms with Gasteiger partial charge >= 0.3 is 0 Å². The van der Waals surface area contributed by atoms with Gasteiger partial charge in [-0.15, -0.1) is 6.58 Å². The van der Waals surface area contributed by atoms with E-state index in [2.05, 4.69) is 11.9 Å². The van der Waals surface area contributed by atoms with Crippen molar-refractivity contribution in [3.05, 3.63) is 12.7 Å². The van der Waals surface area contributed by atoms with Gasteiger partial charge in [-0.2, -0.15) is 0 Å². The number of carbonyl (C=O) groups excluding carboxylic acids is 1. The lowest BCUT2D eigenvalue weighted by atomic mass is 10.1. The summed E-state index contributed by atoms with van der Waals surface area (Å²) in [5.74, 6) is 1.46. The average Bonchev–Trinajstić information content (AvgIpc) is 2.74. The SMILES string of the molecule is C=CCNC(=O)CCCC[C@@H]1CCSS1. The van der Waals surface area contributed by atoms with Gasteiger partial charge in [0.15, 0.2) is 0 Å². The number of rotatable bonds is 7. The van der Waals surface area contributed by atoms with Crippen LogP contribution in [0.4, 0.5) is 0 Å². The molecule has 1 N–H and O–H groups in total. The van der Waals surface area contributed by atoms with E-state index in [0.29, 0.717) is 13.0 Å². The highest BCUT2D eigenvalue weighted by Gasteiger charge is 2.15. The van der Waals surface area contributed by atoms with Crippen molar-refractivity contribution >= 4 is 27.5 Å². The molecule has 1 amide bonds. The van der Waals surface area contributed by atoms with E-state index in [1.54, 1.807) is 6.08 Å². The van der Waals surface area contributed by atoms with Gasteiger partial charge in [0.05, 0.1) is 0 Å². The summed E-state index contributed by atoms with van der Waals surface area (Å²) < 4.78 is 0. The van der Waals surface area contributed by atoms with Gasteiger partial charge in [-0.3, -0.25) is 4.79 Å². The maximum atomic E-state index is 11.2. The quantitative estimate of drug-likeness (QED) is 0.425. The Morgan fingerprint density at radius 2 is 2.40 bits per heavy atom. The fourth-order valence-electron chi connectivity index (χ4n) is 1.50. The van der Waals surface area contributed by atoms with Crippen molar-refractivity contribution in [1.82, 2.24) is 5.32 Å². The summed E-state index contributed by atoms with van der Waals surface area (Å²) in [4.78, 5) is 11.2. The van der Waals surface area contributed by atoms with Gasteiger partial charge in [0.25, 0.3) is 0 Å². The lowest BCUT2D eigenvalue weighted by molar-refractivity contribution is -0.121. The van der Waals surface area contributed by atoms with Gasteiger partial charge in [0.2, 0.25) is 5.91 Å². The number of unbranched alkanes of at least 4 members (excludes halogenated alkanes) is 1. The molecule has 1 aliphatic rings. The second kappa shape index (κ2) is 8.11. The van der Waals surface area contributed by atoms with Crippen LogP contribution in [0.15, 0.2) is 12.7 Å². The summed E-state index contributed by atoms with van der Waals surface area (Å²) >= 11 is 0. The first-order valence-corrected chi connectivity index (χ1v) is 7.87. The average molecular weight is 245 g/mol. The number of nitrogens with one attached hydrogen (secondary N) is 1. The van der Waals surface area contributed by atoms with Crippen LogP contribution in [-0.2, 0) is 4.79 Å². The Kier molecular flexibility index (Phi) is 7.01. The molecule has 1 heterocycles. The van der Waals surface area contributed by atoms with Crippen molar-refractivity contribution < 1.29 is 4.79 Å². The van der Waals surface area contributed by atoms with Crippen molar-refractivity contribution in [2.45, 2.75) is 37.4 Å². The Morgan fingerprint density at radius 1 is 1.53 bits per heavy atom. The number of hydrogen-bond acceptors (Lipinski definition) is 3. The highest BCUT2D eigenvalue weighted by atomic mass is 33.1. The summed E-state index contributed by atoms with van der Waals surface area (Å²) in [6.07, 6.45) is 7.19. The first-order valence-electron chi connectivity index (χ1n) is 5.49. The minimum absolute atomic E-state index is 0.156. The van der Waals surface area contributed by atoms with E-state index >= 15 is 0 Å². The molecular formula is C11H19NOS2. The van der Waals surface area contributed by atoms with Crippen molar-refractivity contribution in [1.29, 1.82) is 0 Å². The van der Waals surface area contributed by atoms with Crippen molar-refractivity contribution in [2.75, 3.05) is 12.3 Å². The van der Waals surface area contributed by atoms with Crippen LogP contribution in [0.25, 0.3) is 0 Å². The normalized spacial score (nSPS) is 20.1. The van der Waals surface area contributed by atoms with Crippen molar-refractivity contribution in [2.24, 2.45) is 0 Å². The molecule has 0 aromatic heterocycles. The molecule has 2 nitrogen and oxygen atoms in total. The fourth-order valence-corrected chi connectivity index (χ4v) is 4.52. The molecule has 0 radical (unpaired) electrons. The Hall–Kier alpha value is -0.0900. The third-order valence-corrected chi connectivity index (χ3v) is 5.36. The topological polar surface area (TPSA) is 29.1 Å². The highest BCUT2D eigenvalue weighted by molar-refractivity contribution is 8.77. The molecule has 0 unspecified atom stereocenters. The summed E-state index contributed by atoms with van der Waals surface area (Å²) in [6.45, 7) is 4.15. The summed E-state index contributed by atoms with van der Waals surface area (Å²) in [6, 6.07) is 0. The smallest absolute Gasteiger partial charge is 0.220 e. The minimum atomic E-state index is 0.156. The lowest BCUT2D eigenvalue weighted by Gasteiger charge is -2.06. The maximum Gasteiger partial charge on any atom is 0.220 e. The van der Waals surface area contributed by atoms with E-state index in [9.17, 15) is 4.79 Å². The monoisotopic (exact) mass is 245 g/mol. The summed E-state index contributed by atoms with van der Waals surface area (Å²) in [5, 5.41) is 3.63. The standard InChI is InChI=1S/C11H19NOS2/c1-2-8-12-11(13)6-4-3-5-10-7-9-14-15-10/h2,10H,1,3-9H2,(H,12,13)/t10-/m1/s1. The van der Waals surface area contributed by atoms with E-state index in [1.165, 1.54) is 25.0 Å². The van der Waals surface area contributed by atoms with E-state index in [-0.39, 0.29) is 5.91 Å². The third kappa shape index (κ3) is 6.15. The lowest BCUT2D eigenvalue weighted by Crippen LogP contribution is -2.22. The van der Waals surface area contributed by atoms with E-state index in [1.807, 2.05) is 21.6 Å². The molecule has 0 aromatic carbocycles. The highest BCUT2D eigenvalue weighted by Crippen LogP contribution is 2.39. The molecule has 0 aromatic rings. The van der Waals surface area contributed by atoms with E-state index in [4.69, 9.17) is 0 Å². The predicted octanol–water partition coefficient (Wildman–Crippen LogP) is 3.00. The molecule has 0 spiro atoms. The molecule has 0 saturated carbocycles. The van der Waals surface area contributed by atoms with Gasteiger partial charge in [0.1, 0.15) is 0 Å². The molecule has 1 aliphatic heterocycles. The third-order valence-electron chi connectivity index (χ3n) is 2.35. The molecule has 1 fully saturated rings. The van der Waals surface area contributed by atoms with E-state index in [0.717, 1.165) is 11.7 Å². The zero-order valence-corrected chi connectivity index (χ0v) is 10.7. The minimum Gasteiger partial charge on any atom is -0.353 e. The van der Waals surface area contributed by atoms with Gasteiger partial charge in [0, 0.05) is 24.0 Å². The summed E-state index contributed by atoms with van der Waals surface area (Å²) in [7, 11) is 4.00. The van der Waals surface area contributed by atoms with Gasteiger partial charge in [-0.25, -0.2) is 0 Å². The molecule has 15 heavy (non-hydrogen) atoms. The van der Waals surface area contributed by atoms with E-state index < -0.39 is 0 Å². The van der Waals surface area contributed by atoms with Crippen LogP contribution in [0.1, 0.15) is 32.1 Å². The Balaban J connectivity index is 1.91. The van der Waals surface area contributed by atoms with Crippen LogP contribution in [-0.4, -0.2) is 23.5 Å². The number of carbonyl (C=O) groups is 1. The molecule has 1 rings (SSSR count). The van der Waals surface area contributed by atoms with Crippen LogP contribution in [0.5, 0.6) is 0 Å². The van der Waals surface area contributed by atoms with Gasteiger partial charge < -0.3 is 5.32 Å². The molecule has 4 heteroatoms. The Labute approximate surface area is 100 Å². The molecule has 1 saturated heterocycles. The van der Waals surface area contributed by atoms with Crippen LogP contribution >= 0.6 is 21.6 Å².